The molecule has 23 heavy (non-hydrogen) atoms. The van der Waals surface area contributed by atoms with Crippen LogP contribution in [0.4, 0.5) is 0 Å². The van der Waals surface area contributed by atoms with Gasteiger partial charge in [0.05, 0.1) is 13.2 Å². The molecule has 6 nitrogen and oxygen atoms in total. The van der Waals surface area contributed by atoms with Crippen molar-refractivity contribution >= 4 is 5.96 Å². The van der Waals surface area contributed by atoms with Gasteiger partial charge >= 0.3 is 0 Å². The quantitative estimate of drug-likeness (QED) is 0.396. The molecule has 1 saturated carbocycles. The SMILES string of the molecule is CCNC(=NCC1CN2CCN1CC2)N(C)CCOCC1CC1. The van der Waals surface area contributed by atoms with E-state index < -0.39 is 0 Å². The highest BCUT2D eigenvalue weighted by Crippen LogP contribution is 2.28. The molecule has 0 aromatic rings. The topological polar surface area (TPSA) is 43.3 Å². The van der Waals surface area contributed by atoms with Gasteiger partial charge in [-0.15, -0.1) is 0 Å². The molecular weight excluding hydrogens is 290 g/mol. The van der Waals surface area contributed by atoms with E-state index in [9.17, 15) is 0 Å². The Kier molecular flexibility index (Phi) is 6.14. The van der Waals surface area contributed by atoms with Crippen LogP contribution < -0.4 is 5.32 Å². The van der Waals surface area contributed by atoms with Gasteiger partial charge in [-0.05, 0) is 25.7 Å². The number of guanidine groups is 1. The molecule has 132 valence electrons. The van der Waals surface area contributed by atoms with Crippen LogP contribution in [0, 0.1) is 5.92 Å². The van der Waals surface area contributed by atoms with Crippen LogP contribution in [0.15, 0.2) is 4.99 Å². The first-order valence-electron chi connectivity index (χ1n) is 9.30. The van der Waals surface area contributed by atoms with Crippen molar-refractivity contribution in [2.24, 2.45) is 10.9 Å². The second kappa shape index (κ2) is 8.31. The average Bonchev–Trinajstić information content (AvgIpc) is 3.40. The van der Waals surface area contributed by atoms with Crippen molar-refractivity contribution in [3.8, 4) is 0 Å². The van der Waals surface area contributed by atoms with Crippen LogP contribution in [0.25, 0.3) is 0 Å². The highest BCUT2D eigenvalue weighted by Gasteiger charge is 2.31. The van der Waals surface area contributed by atoms with Gasteiger partial charge in [-0.3, -0.25) is 14.8 Å². The van der Waals surface area contributed by atoms with E-state index in [2.05, 4.69) is 34.0 Å². The lowest BCUT2D eigenvalue weighted by atomic mass is 10.1. The number of aliphatic imine (C=N–C) groups is 1. The zero-order valence-corrected chi connectivity index (χ0v) is 14.8. The fourth-order valence-corrected chi connectivity index (χ4v) is 3.40. The van der Waals surface area contributed by atoms with E-state index in [0.29, 0.717) is 6.04 Å². The third-order valence-electron chi connectivity index (χ3n) is 5.16. The zero-order valence-electron chi connectivity index (χ0n) is 14.8. The lowest BCUT2D eigenvalue weighted by Gasteiger charge is -2.47. The van der Waals surface area contributed by atoms with Crippen LogP contribution >= 0.6 is 0 Å². The summed E-state index contributed by atoms with van der Waals surface area (Å²) in [5.41, 5.74) is 0. The standard InChI is InChI=1S/C17H33N5O/c1-3-18-17(20(2)10-11-23-14-15-4-5-15)19-12-16-13-21-6-8-22(16)9-7-21/h15-16H,3-14H2,1-2H3,(H,18,19). The smallest absolute Gasteiger partial charge is 0.193 e. The van der Waals surface area contributed by atoms with Gasteiger partial charge in [0.1, 0.15) is 0 Å². The van der Waals surface area contributed by atoms with Crippen LogP contribution in [-0.4, -0.2) is 99.3 Å². The Morgan fingerprint density at radius 3 is 2.65 bits per heavy atom. The summed E-state index contributed by atoms with van der Waals surface area (Å²) in [4.78, 5) is 12.3. The number of hydrogen-bond donors (Lipinski definition) is 1. The van der Waals surface area contributed by atoms with Gasteiger partial charge in [0, 0.05) is 65.5 Å². The van der Waals surface area contributed by atoms with E-state index in [1.54, 1.807) is 0 Å². The van der Waals surface area contributed by atoms with E-state index in [0.717, 1.165) is 44.7 Å². The van der Waals surface area contributed by atoms with Gasteiger partial charge in [0.15, 0.2) is 5.96 Å². The molecule has 0 spiro atoms. The van der Waals surface area contributed by atoms with E-state index in [-0.39, 0.29) is 0 Å². The maximum atomic E-state index is 5.75. The maximum absolute atomic E-state index is 5.75. The van der Waals surface area contributed by atoms with E-state index in [1.807, 2.05) is 0 Å². The molecular formula is C17H33N5O. The number of hydrogen-bond acceptors (Lipinski definition) is 4. The predicted molar refractivity (Wildman–Crippen MR) is 94.0 cm³/mol. The summed E-state index contributed by atoms with van der Waals surface area (Å²) in [7, 11) is 2.11. The molecule has 0 aromatic heterocycles. The number of likely N-dealkylation sites (N-methyl/N-ethyl adjacent to an activating group) is 1. The minimum absolute atomic E-state index is 0.589. The summed E-state index contributed by atoms with van der Waals surface area (Å²) in [6.07, 6.45) is 2.71. The lowest BCUT2D eigenvalue weighted by Crippen LogP contribution is -2.62. The van der Waals surface area contributed by atoms with Crippen LogP contribution in [-0.2, 0) is 4.74 Å². The molecule has 4 aliphatic rings. The molecule has 1 unspecified atom stereocenters. The van der Waals surface area contributed by atoms with Crippen molar-refractivity contribution in [1.29, 1.82) is 0 Å². The first-order valence-corrected chi connectivity index (χ1v) is 9.30. The fraction of sp³-hybridized carbons (Fsp3) is 0.941. The summed E-state index contributed by atoms with van der Waals surface area (Å²) in [6.45, 7) is 12.6. The number of nitrogens with one attached hydrogen (secondary N) is 1. The van der Waals surface area contributed by atoms with Crippen LogP contribution in [0.3, 0.4) is 0 Å². The average molecular weight is 323 g/mol. The van der Waals surface area contributed by atoms with E-state index >= 15 is 0 Å². The van der Waals surface area contributed by atoms with Gasteiger partial charge in [-0.1, -0.05) is 0 Å². The van der Waals surface area contributed by atoms with Crippen LogP contribution in [0.2, 0.25) is 0 Å². The Labute approximate surface area is 140 Å². The minimum Gasteiger partial charge on any atom is -0.379 e. The molecule has 4 rings (SSSR count). The summed E-state index contributed by atoms with van der Waals surface area (Å²) in [6, 6.07) is 0.589. The highest BCUT2D eigenvalue weighted by atomic mass is 16.5. The lowest BCUT2D eigenvalue weighted by molar-refractivity contribution is 0.0173. The van der Waals surface area contributed by atoms with Crippen molar-refractivity contribution in [1.82, 2.24) is 20.0 Å². The largest absolute Gasteiger partial charge is 0.379 e. The van der Waals surface area contributed by atoms with Crippen molar-refractivity contribution < 1.29 is 4.74 Å². The molecule has 0 amide bonds. The summed E-state index contributed by atoms with van der Waals surface area (Å²) >= 11 is 0. The van der Waals surface area contributed by atoms with Crippen molar-refractivity contribution in [3.63, 3.8) is 0 Å². The van der Waals surface area contributed by atoms with Crippen LogP contribution in [0.1, 0.15) is 19.8 Å². The number of piperazine rings is 3. The van der Waals surface area contributed by atoms with Gasteiger partial charge in [-0.25, -0.2) is 0 Å². The second-order valence-electron chi connectivity index (χ2n) is 7.12. The zero-order chi connectivity index (χ0) is 16.1. The third kappa shape index (κ3) is 5.06. The van der Waals surface area contributed by atoms with Gasteiger partial charge in [0.2, 0.25) is 0 Å². The monoisotopic (exact) mass is 323 g/mol. The Hall–Kier alpha value is -0.850. The van der Waals surface area contributed by atoms with Gasteiger partial charge in [0.25, 0.3) is 0 Å². The molecule has 1 aliphatic carbocycles. The van der Waals surface area contributed by atoms with Crippen LogP contribution in [0.5, 0.6) is 0 Å². The molecule has 0 aromatic carbocycles. The molecule has 3 saturated heterocycles. The first-order chi connectivity index (χ1) is 11.3. The normalized spacial score (nSPS) is 30.5. The molecule has 1 atom stereocenters. The Morgan fingerprint density at radius 1 is 1.26 bits per heavy atom. The molecule has 6 heteroatoms. The fourth-order valence-electron chi connectivity index (χ4n) is 3.40. The van der Waals surface area contributed by atoms with Crippen molar-refractivity contribution in [2.45, 2.75) is 25.8 Å². The third-order valence-corrected chi connectivity index (χ3v) is 5.16. The second-order valence-corrected chi connectivity index (χ2v) is 7.12. The molecule has 0 radical (unpaired) electrons. The number of fused-ring (bicyclic) bond motifs is 3. The van der Waals surface area contributed by atoms with E-state index in [4.69, 9.17) is 9.73 Å². The molecule has 4 fully saturated rings. The summed E-state index contributed by atoms with van der Waals surface area (Å²) in [5, 5.41) is 3.42. The summed E-state index contributed by atoms with van der Waals surface area (Å²) < 4.78 is 5.75. The number of nitrogens with zero attached hydrogens (tertiary/aromatic N) is 4. The molecule has 3 aliphatic heterocycles. The minimum atomic E-state index is 0.589. The Morgan fingerprint density at radius 2 is 2.04 bits per heavy atom. The van der Waals surface area contributed by atoms with Gasteiger partial charge < -0.3 is 15.0 Å². The Bertz CT molecular complexity index is 390. The molecule has 3 heterocycles. The van der Waals surface area contributed by atoms with Gasteiger partial charge in [-0.2, -0.15) is 0 Å². The highest BCUT2D eigenvalue weighted by molar-refractivity contribution is 5.79. The molecule has 1 N–H and O–H groups in total. The maximum Gasteiger partial charge on any atom is 0.193 e. The first kappa shape index (κ1) is 17.0. The van der Waals surface area contributed by atoms with Crippen molar-refractivity contribution in [2.75, 3.05) is 72.6 Å². The number of ether oxygens (including phenoxy) is 1. The predicted octanol–water partition coefficient (Wildman–Crippen LogP) is 0.310. The molecule has 2 bridgehead atoms. The Balaban J connectivity index is 1.43. The van der Waals surface area contributed by atoms with E-state index in [1.165, 1.54) is 45.6 Å². The number of rotatable bonds is 8. The van der Waals surface area contributed by atoms with Crippen molar-refractivity contribution in [3.05, 3.63) is 0 Å². The summed E-state index contributed by atoms with van der Waals surface area (Å²) in [5.74, 6) is 1.85.